The Balaban J connectivity index is 2.42. The summed E-state index contributed by atoms with van der Waals surface area (Å²) in [6, 6.07) is 0.268. The molecule has 1 unspecified atom stereocenters. The number of nitrogens with zero attached hydrogens (tertiary/aromatic N) is 1. The van der Waals surface area contributed by atoms with Gasteiger partial charge >= 0.3 is 5.97 Å². The first kappa shape index (κ1) is 19.5. The maximum Gasteiger partial charge on any atom is 0.310 e. The van der Waals surface area contributed by atoms with E-state index >= 15 is 0 Å². The Labute approximate surface area is 151 Å². The number of esters is 1. The van der Waals surface area contributed by atoms with Gasteiger partial charge in [-0.15, -0.1) is 0 Å². The van der Waals surface area contributed by atoms with Gasteiger partial charge in [-0.05, 0) is 74.4 Å². The molecule has 2 rings (SSSR count). The third-order valence-electron chi connectivity index (χ3n) is 5.58. The molecule has 1 amide bonds. The first-order chi connectivity index (χ1) is 11.8. The molecular formula is C21H31NO3. The molecule has 0 aliphatic carbocycles. The molecule has 1 aliphatic heterocycles. The zero-order valence-electron chi connectivity index (χ0n) is 16.5. The first-order valence-electron chi connectivity index (χ1n) is 9.37. The summed E-state index contributed by atoms with van der Waals surface area (Å²) >= 11 is 0. The van der Waals surface area contributed by atoms with Crippen molar-refractivity contribution >= 4 is 11.9 Å². The minimum Gasteiger partial charge on any atom is -0.466 e. The number of fused-ring (bicyclic) bond motifs is 1. The molecule has 4 nitrogen and oxygen atoms in total. The van der Waals surface area contributed by atoms with Gasteiger partial charge in [0.2, 0.25) is 5.91 Å². The van der Waals surface area contributed by atoms with E-state index in [1.807, 2.05) is 18.7 Å². The smallest absolute Gasteiger partial charge is 0.310 e. The van der Waals surface area contributed by atoms with Crippen molar-refractivity contribution in [2.45, 2.75) is 79.8 Å². The van der Waals surface area contributed by atoms with Crippen LogP contribution < -0.4 is 0 Å². The van der Waals surface area contributed by atoms with Gasteiger partial charge < -0.3 is 9.64 Å². The number of carbonyl (C=O) groups excluding carboxylic acids is 2. The number of ether oxygens (including phenoxy) is 1. The second-order valence-electron chi connectivity index (χ2n) is 7.13. The van der Waals surface area contributed by atoms with Gasteiger partial charge in [0.05, 0.1) is 19.4 Å². The molecule has 0 aromatic heterocycles. The summed E-state index contributed by atoms with van der Waals surface area (Å²) in [6.45, 7) is 13.4. The molecule has 0 N–H and O–H groups in total. The Morgan fingerprint density at radius 2 is 1.80 bits per heavy atom. The number of hydrogen-bond donors (Lipinski definition) is 0. The average Bonchev–Trinajstić information content (AvgIpc) is 2.57. The van der Waals surface area contributed by atoms with E-state index in [4.69, 9.17) is 4.74 Å². The largest absolute Gasteiger partial charge is 0.466 e. The van der Waals surface area contributed by atoms with Crippen LogP contribution in [0.3, 0.4) is 0 Å². The van der Waals surface area contributed by atoms with E-state index in [0.717, 1.165) is 35.1 Å². The van der Waals surface area contributed by atoms with E-state index in [1.165, 1.54) is 11.1 Å². The molecule has 1 aliphatic rings. The van der Waals surface area contributed by atoms with Crippen LogP contribution in [0.2, 0.25) is 0 Å². The average molecular weight is 345 g/mol. The Bertz CT molecular complexity index is 678. The Kier molecular flexibility index (Phi) is 6.26. The highest BCUT2D eigenvalue weighted by molar-refractivity contribution is 5.83. The summed E-state index contributed by atoms with van der Waals surface area (Å²) in [4.78, 5) is 26.7. The van der Waals surface area contributed by atoms with Crippen LogP contribution in [0.25, 0.3) is 0 Å². The lowest BCUT2D eigenvalue weighted by molar-refractivity contribution is -0.142. The van der Waals surface area contributed by atoms with Crippen LogP contribution in [-0.2, 0) is 33.7 Å². The maximum absolute atomic E-state index is 12.7. The lowest BCUT2D eigenvalue weighted by atomic mass is 9.83. The second-order valence-corrected chi connectivity index (χ2v) is 7.13. The molecule has 138 valence electrons. The highest BCUT2D eigenvalue weighted by Crippen LogP contribution is 2.33. The molecule has 0 spiro atoms. The van der Waals surface area contributed by atoms with Crippen molar-refractivity contribution < 1.29 is 14.3 Å². The van der Waals surface area contributed by atoms with Crippen molar-refractivity contribution in [1.29, 1.82) is 0 Å². The highest BCUT2D eigenvalue weighted by atomic mass is 16.5. The zero-order valence-corrected chi connectivity index (χ0v) is 16.5. The molecule has 4 heteroatoms. The van der Waals surface area contributed by atoms with E-state index in [0.29, 0.717) is 19.6 Å². The fourth-order valence-electron chi connectivity index (χ4n) is 3.93. The van der Waals surface area contributed by atoms with E-state index in [2.05, 4.69) is 27.7 Å². The van der Waals surface area contributed by atoms with Gasteiger partial charge in [-0.2, -0.15) is 0 Å². The fraction of sp³-hybridized carbons (Fsp3) is 0.619. The van der Waals surface area contributed by atoms with E-state index in [-0.39, 0.29) is 24.3 Å². The molecule has 0 radical (unpaired) electrons. The minimum atomic E-state index is -0.201. The molecule has 1 aromatic rings. The lowest BCUT2D eigenvalue weighted by Crippen LogP contribution is -2.43. The Hall–Kier alpha value is -1.84. The summed E-state index contributed by atoms with van der Waals surface area (Å²) < 4.78 is 5.12. The van der Waals surface area contributed by atoms with Crippen LogP contribution in [0.5, 0.6) is 0 Å². The molecule has 1 heterocycles. The Morgan fingerprint density at radius 3 is 2.40 bits per heavy atom. The topological polar surface area (TPSA) is 46.6 Å². The van der Waals surface area contributed by atoms with Gasteiger partial charge in [0.25, 0.3) is 0 Å². The number of amides is 1. The van der Waals surface area contributed by atoms with Gasteiger partial charge in [-0.3, -0.25) is 9.59 Å². The lowest BCUT2D eigenvalue weighted by Gasteiger charge is -2.36. The molecule has 0 bridgehead atoms. The van der Waals surface area contributed by atoms with Gasteiger partial charge in [0.1, 0.15) is 0 Å². The van der Waals surface area contributed by atoms with Gasteiger partial charge in [-0.1, -0.05) is 13.3 Å². The van der Waals surface area contributed by atoms with Crippen LogP contribution in [0.4, 0.5) is 0 Å². The van der Waals surface area contributed by atoms with Crippen molar-refractivity contribution in [2.24, 2.45) is 0 Å². The summed E-state index contributed by atoms with van der Waals surface area (Å²) in [5, 5.41) is 0. The molecule has 1 atom stereocenters. The molecule has 0 saturated heterocycles. The van der Waals surface area contributed by atoms with E-state index < -0.39 is 0 Å². The zero-order chi connectivity index (χ0) is 18.7. The fourth-order valence-corrected chi connectivity index (χ4v) is 3.93. The Morgan fingerprint density at radius 1 is 1.12 bits per heavy atom. The summed E-state index contributed by atoms with van der Waals surface area (Å²) in [5.74, 6) is -0.00438. The number of rotatable bonds is 6. The molecule has 25 heavy (non-hydrogen) atoms. The highest BCUT2D eigenvalue weighted by Gasteiger charge is 2.30. The monoisotopic (exact) mass is 345 g/mol. The standard InChI is InChI=1S/C21H31NO3/c1-7-9-13(3)22-12-19-15(5)14(4)17(11-21(24)25-8-2)16(6)18(19)10-20(22)23/h13H,7-12H2,1-6H3. The normalized spacial score (nSPS) is 15.1. The maximum atomic E-state index is 12.7. The SMILES string of the molecule is CCCC(C)N1Cc2c(C)c(C)c(CC(=O)OCC)c(C)c2CC1=O. The number of benzene rings is 1. The summed E-state index contributed by atoms with van der Waals surface area (Å²) in [7, 11) is 0. The third kappa shape index (κ3) is 3.88. The predicted octanol–water partition coefficient (Wildman–Crippen LogP) is 3.79. The van der Waals surface area contributed by atoms with E-state index in [1.54, 1.807) is 0 Å². The minimum absolute atomic E-state index is 0.196. The van der Waals surface area contributed by atoms with E-state index in [9.17, 15) is 9.59 Å². The van der Waals surface area contributed by atoms with Crippen molar-refractivity contribution in [1.82, 2.24) is 4.90 Å². The molecule has 0 saturated carbocycles. The first-order valence-corrected chi connectivity index (χ1v) is 9.37. The predicted molar refractivity (Wildman–Crippen MR) is 99.6 cm³/mol. The van der Waals surface area contributed by atoms with Crippen molar-refractivity contribution in [3.8, 4) is 0 Å². The number of hydrogen-bond acceptors (Lipinski definition) is 3. The van der Waals surface area contributed by atoms with Crippen LogP contribution >= 0.6 is 0 Å². The van der Waals surface area contributed by atoms with Crippen molar-refractivity contribution in [3.63, 3.8) is 0 Å². The third-order valence-corrected chi connectivity index (χ3v) is 5.58. The summed E-state index contributed by atoms with van der Waals surface area (Å²) in [5.41, 5.74) is 6.86. The molecule has 1 aromatic carbocycles. The quantitative estimate of drug-likeness (QED) is 0.737. The van der Waals surface area contributed by atoms with Crippen molar-refractivity contribution in [2.75, 3.05) is 6.61 Å². The second kappa shape index (κ2) is 8.03. The van der Waals surface area contributed by atoms with Crippen LogP contribution in [0.15, 0.2) is 0 Å². The van der Waals surface area contributed by atoms with Crippen molar-refractivity contribution in [3.05, 3.63) is 33.4 Å². The van der Waals surface area contributed by atoms with Crippen LogP contribution in [0, 0.1) is 20.8 Å². The van der Waals surface area contributed by atoms with Gasteiger partial charge in [0, 0.05) is 12.6 Å². The molecule has 0 fully saturated rings. The molecular weight excluding hydrogens is 314 g/mol. The van der Waals surface area contributed by atoms with Crippen LogP contribution in [-0.4, -0.2) is 29.4 Å². The van der Waals surface area contributed by atoms with Gasteiger partial charge in [0.15, 0.2) is 0 Å². The van der Waals surface area contributed by atoms with Crippen LogP contribution in [0.1, 0.15) is 67.0 Å². The van der Waals surface area contributed by atoms with Gasteiger partial charge in [-0.25, -0.2) is 0 Å². The number of carbonyl (C=O) groups is 2. The summed E-state index contributed by atoms with van der Waals surface area (Å²) in [6.07, 6.45) is 2.82.